The van der Waals surface area contributed by atoms with Gasteiger partial charge in [-0.05, 0) is 50.5 Å². The van der Waals surface area contributed by atoms with Gasteiger partial charge in [0.2, 0.25) is 0 Å². The fourth-order valence-electron chi connectivity index (χ4n) is 3.69. The summed E-state index contributed by atoms with van der Waals surface area (Å²) in [5.74, 6) is -1.13. The van der Waals surface area contributed by atoms with Crippen molar-refractivity contribution in [3.63, 3.8) is 0 Å². The third-order valence-electron chi connectivity index (χ3n) is 5.20. The molecular weight excluding hydrogens is 320 g/mol. The topological polar surface area (TPSA) is 71.8 Å². The van der Waals surface area contributed by atoms with E-state index in [0.29, 0.717) is 25.1 Å². The van der Waals surface area contributed by atoms with Crippen molar-refractivity contribution >= 4 is 22.8 Å². The van der Waals surface area contributed by atoms with Crippen LogP contribution in [0.4, 0.5) is 0 Å². The maximum absolute atomic E-state index is 12.8. The van der Waals surface area contributed by atoms with E-state index < -0.39 is 12.0 Å². The van der Waals surface area contributed by atoms with Crippen molar-refractivity contribution in [3.8, 4) is 0 Å². The zero-order chi connectivity index (χ0) is 18.1. The molecule has 2 heterocycles. The summed E-state index contributed by atoms with van der Waals surface area (Å²) in [5.41, 5.74) is 3.91. The Kier molecular flexibility index (Phi) is 4.81. The van der Waals surface area contributed by atoms with Crippen molar-refractivity contribution in [3.05, 3.63) is 35.0 Å². The maximum Gasteiger partial charge on any atom is 0.326 e. The number of benzene rings is 1. The van der Waals surface area contributed by atoms with E-state index in [1.165, 1.54) is 4.90 Å². The predicted molar refractivity (Wildman–Crippen MR) is 95.0 cm³/mol. The van der Waals surface area contributed by atoms with Crippen LogP contribution in [-0.2, 0) is 16.1 Å². The van der Waals surface area contributed by atoms with Crippen LogP contribution < -0.4 is 0 Å². The van der Waals surface area contributed by atoms with E-state index in [-0.39, 0.29) is 5.91 Å². The van der Waals surface area contributed by atoms with Gasteiger partial charge in [-0.15, -0.1) is 0 Å². The standard InChI is InChI=1S/C19H24N2O4/c1-12-13(2)20(9-10-25-3)16-7-6-14(11-15(12)16)18(22)21-8-4-5-17(21)19(23)24/h6-7,11,17H,4-5,8-10H2,1-3H3,(H,23,24)/t17-/m0/s1. The highest BCUT2D eigenvalue weighted by Gasteiger charge is 2.34. The Morgan fingerprint density at radius 3 is 2.76 bits per heavy atom. The van der Waals surface area contributed by atoms with Crippen molar-refractivity contribution in [2.24, 2.45) is 0 Å². The molecule has 1 aliphatic rings. The molecule has 0 spiro atoms. The summed E-state index contributed by atoms with van der Waals surface area (Å²) < 4.78 is 7.38. The van der Waals surface area contributed by atoms with Crippen molar-refractivity contribution in [1.82, 2.24) is 9.47 Å². The molecule has 6 heteroatoms. The monoisotopic (exact) mass is 344 g/mol. The van der Waals surface area contributed by atoms with Crippen LogP contribution in [0, 0.1) is 13.8 Å². The van der Waals surface area contributed by atoms with Crippen LogP contribution in [0.25, 0.3) is 10.9 Å². The number of hydrogen-bond donors (Lipinski definition) is 1. The Labute approximate surface area is 147 Å². The zero-order valence-electron chi connectivity index (χ0n) is 14.9. The molecule has 25 heavy (non-hydrogen) atoms. The summed E-state index contributed by atoms with van der Waals surface area (Å²) in [7, 11) is 1.68. The van der Waals surface area contributed by atoms with Crippen LogP contribution in [0.5, 0.6) is 0 Å². The fraction of sp³-hybridized carbons (Fsp3) is 0.474. The highest BCUT2D eigenvalue weighted by atomic mass is 16.5. The molecule has 0 radical (unpaired) electrons. The van der Waals surface area contributed by atoms with E-state index in [1.807, 2.05) is 19.1 Å². The van der Waals surface area contributed by atoms with Gasteiger partial charge in [-0.25, -0.2) is 4.79 Å². The number of rotatable bonds is 5. The molecular formula is C19H24N2O4. The molecule has 134 valence electrons. The highest BCUT2D eigenvalue weighted by Crippen LogP contribution is 2.28. The quantitative estimate of drug-likeness (QED) is 0.905. The first kappa shape index (κ1) is 17.5. The lowest BCUT2D eigenvalue weighted by Crippen LogP contribution is -2.40. The molecule has 1 fully saturated rings. The second-order valence-electron chi connectivity index (χ2n) is 6.58. The normalized spacial score (nSPS) is 17.4. The number of carboxylic acid groups (broad SMARTS) is 1. The number of methoxy groups -OCH3 is 1. The van der Waals surface area contributed by atoms with Gasteiger partial charge in [-0.1, -0.05) is 0 Å². The Balaban J connectivity index is 1.97. The molecule has 6 nitrogen and oxygen atoms in total. The minimum atomic E-state index is -0.926. The van der Waals surface area contributed by atoms with Crippen molar-refractivity contribution < 1.29 is 19.4 Å². The van der Waals surface area contributed by atoms with E-state index >= 15 is 0 Å². The molecule has 1 amide bonds. The Hall–Kier alpha value is -2.34. The highest BCUT2D eigenvalue weighted by molar-refractivity contribution is 6.00. The van der Waals surface area contributed by atoms with Gasteiger partial charge in [0.15, 0.2) is 0 Å². The maximum atomic E-state index is 12.8. The second-order valence-corrected chi connectivity index (χ2v) is 6.58. The van der Waals surface area contributed by atoms with Gasteiger partial charge in [0, 0.05) is 42.4 Å². The number of ether oxygens (including phenoxy) is 1. The van der Waals surface area contributed by atoms with Crippen LogP contribution in [0.1, 0.15) is 34.5 Å². The Morgan fingerprint density at radius 2 is 2.08 bits per heavy atom. The molecule has 1 aliphatic heterocycles. The number of carboxylic acids is 1. The van der Waals surface area contributed by atoms with Gasteiger partial charge in [-0.2, -0.15) is 0 Å². The molecule has 0 saturated carbocycles. The van der Waals surface area contributed by atoms with Crippen molar-refractivity contribution in [1.29, 1.82) is 0 Å². The molecule has 2 aromatic rings. The first-order chi connectivity index (χ1) is 12.0. The Morgan fingerprint density at radius 1 is 1.32 bits per heavy atom. The van der Waals surface area contributed by atoms with Crippen LogP contribution in [0.2, 0.25) is 0 Å². The number of aliphatic carboxylic acids is 1. The van der Waals surface area contributed by atoms with Crippen molar-refractivity contribution in [2.75, 3.05) is 20.3 Å². The van der Waals surface area contributed by atoms with Gasteiger partial charge in [-0.3, -0.25) is 4.79 Å². The summed E-state index contributed by atoms with van der Waals surface area (Å²) in [6.07, 6.45) is 1.26. The summed E-state index contributed by atoms with van der Waals surface area (Å²) in [6, 6.07) is 4.92. The van der Waals surface area contributed by atoms with Crippen LogP contribution in [-0.4, -0.2) is 52.8 Å². The molecule has 0 aliphatic carbocycles. The minimum Gasteiger partial charge on any atom is -0.480 e. The SMILES string of the molecule is COCCn1c(C)c(C)c2cc(C(=O)N3CCC[C@H]3C(=O)O)ccc21. The van der Waals surface area contributed by atoms with E-state index in [4.69, 9.17) is 4.74 Å². The first-order valence-electron chi connectivity index (χ1n) is 8.58. The lowest BCUT2D eigenvalue weighted by molar-refractivity contribution is -0.141. The lowest BCUT2D eigenvalue weighted by atomic mass is 10.1. The molecule has 1 saturated heterocycles. The van der Waals surface area contributed by atoms with Gasteiger partial charge < -0.3 is 19.3 Å². The smallest absolute Gasteiger partial charge is 0.326 e. The second kappa shape index (κ2) is 6.88. The van der Waals surface area contributed by atoms with Crippen LogP contribution >= 0.6 is 0 Å². The zero-order valence-corrected chi connectivity index (χ0v) is 14.9. The largest absolute Gasteiger partial charge is 0.480 e. The third-order valence-corrected chi connectivity index (χ3v) is 5.20. The average molecular weight is 344 g/mol. The number of aryl methyl sites for hydroxylation is 1. The molecule has 1 aromatic carbocycles. The van der Waals surface area contributed by atoms with Gasteiger partial charge in [0.05, 0.1) is 6.61 Å². The average Bonchev–Trinajstić information content (AvgIpc) is 3.18. The number of aromatic nitrogens is 1. The summed E-state index contributed by atoms with van der Waals surface area (Å²) in [5, 5.41) is 10.3. The fourth-order valence-corrected chi connectivity index (χ4v) is 3.69. The number of carbonyl (C=O) groups excluding carboxylic acids is 1. The minimum absolute atomic E-state index is 0.200. The van der Waals surface area contributed by atoms with Crippen LogP contribution in [0.3, 0.4) is 0 Å². The van der Waals surface area contributed by atoms with Gasteiger partial charge >= 0.3 is 5.97 Å². The lowest BCUT2D eigenvalue weighted by Gasteiger charge is -2.21. The Bertz CT molecular complexity index is 824. The van der Waals surface area contributed by atoms with Crippen molar-refractivity contribution in [2.45, 2.75) is 39.3 Å². The number of hydrogen-bond acceptors (Lipinski definition) is 3. The van der Waals surface area contributed by atoms with E-state index in [0.717, 1.165) is 35.1 Å². The first-order valence-corrected chi connectivity index (χ1v) is 8.58. The van der Waals surface area contributed by atoms with Gasteiger partial charge in [0.25, 0.3) is 5.91 Å². The molecule has 0 bridgehead atoms. The molecule has 0 unspecified atom stereocenters. The summed E-state index contributed by atoms with van der Waals surface area (Å²) >= 11 is 0. The number of carbonyl (C=O) groups is 2. The van der Waals surface area contributed by atoms with Crippen LogP contribution in [0.15, 0.2) is 18.2 Å². The van der Waals surface area contributed by atoms with Gasteiger partial charge in [0.1, 0.15) is 6.04 Å². The summed E-state index contributed by atoms with van der Waals surface area (Å²) in [4.78, 5) is 25.6. The van der Waals surface area contributed by atoms with E-state index in [1.54, 1.807) is 13.2 Å². The van der Waals surface area contributed by atoms with E-state index in [9.17, 15) is 14.7 Å². The predicted octanol–water partition coefficient (Wildman–Crippen LogP) is 2.59. The van der Waals surface area contributed by atoms with E-state index in [2.05, 4.69) is 11.5 Å². The third kappa shape index (κ3) is 3.02. The number of amides is 1. The number of fused-ring (bicyclic) bond motifs is 1. The summed E-state index contributed by atoms with van der Waals surface area (Å²) in [6.45, 7) is 5.99. The molecule has 3 rings (SSSR count). The molecule has 1 aromatic heterocycles. The number of likely N-dealkylation sites (tertiary alicyclic amines) is 1. The number of nitrogens with zero attached hydrogens (tertiary/aromatic N) is 2. The molecule has 1 atom stereocenters. The molecule has 1 N–H and O–H groups in total.